The summed E-state index contributed by atoms with van der Waals surface area (Å²) < 4.78 is 6.77. The van der Waals surface area contributed by atoms with Crippen molar-refractivity contribution in [3.63, 3.8) is 0 Å². The Morgan fingerprint density at radius 3 is 2.47 bits per heavy atom. The first kappa shape index (κ1) is 23.2. The van der Waals surface area contributed by atoms with Crippen LogP contribution >= 0.6 is 0 Å². The Balaban J connectivity index is 0.000000427. The number of aliphatic hydroxyl groups excluding tert-OH is 2. The van der Waals surface area contributed by atoms with Crippen molar-refractivity contribution in [2.24, 2.45) is 0 Å². The molecule has 0 fully saturated rings. The molecule has 0 aliphatic carbocycles. The highest BCUT2D eigenvalue weighted by atomic mass is 16.3. The molecule has 32 heavy (non-hydrogen) atoms. The molecule has 4 rings (SSSR count). The molecule has 10 nitrogen and oxygen atoms in total. The van der Waals surface area contributed by atoms with Gasteiger partial charge in [-0.1, -0.05) is 19.9 Å². The van der Waals surface area contributed by atoms with E-state index in [0.29, 0.717) is 18.4 Å². The average molecular weight is 440 g/mol. The van der Waals surface area contributed by atoms with Crippen molar-refractivity contribution in [3.05, 3.63) is 54.2 Å². The van der Waals surface area contributed by atoms with Crippen LogP contribution in [0.2, 0.25) is 0 Å². The molecular formula is C22H29N7O3. The van der Waals surface area contributed by atoms with Crippen molar-refractivity contribution in [1.82, 2.24) is 24.6 Å². The topological polar surface area (TPSA) is 148 Å². The van der Waals surface area contributed by atoms with Crippen LogP contribution < -0.4 is 11.1 Å². The van der Waals surface area contributed by atoms with Crippen LogP contribution in [-0.2, 0) is 6.54 Å². The summed E-state index contributed by atoms with van der Waals surface area (Å²) in [5.41, 5.74) is 10.5. The molecular weight excluding hydrogens is 410 g/mol. The smallest absolute Gasteiger partial charge is 0.229 e. The standard InChI is InChI=1S/C18H19N7O.C4H10O2/c1-11(2)14-9-22-25-16(14)23-17(19)24-18(25)21-8-12-3-4-15(20-7-12)13-5-6-26-10-13;5-3-1-2-4-6/h3-7,9-11H,8H2,1-2H3,(H3,19,21,23,24);5-6H,1-4H2. The monoisotopic (exact) mass is 439 g/mol. The van der Waals surface area contributed by atoms with Gasteiger partial charge in [-0.25, -0.2) is 0 Å². The molecule has 10 heteroatoms. The number of nitrogens with zero attached hydrogens (tertiary/aromatic N) is 5. The number of furan rings is 1. The second kappa shape index (κ2) is 11.2. The van der Waals surface area contributed by atoms with Gasteiger partial charge in [0, 0.05) is 37.1 Å². The van der Waals surface area contributed by atoms with E-state index >= 15 is 0 Å². The molecule has 0 aliphatic heterocycles. The van der Waals surface area contributed by atoms with Crippen LogP contribution in [0.25, 0.3) is 16.9 Å². The van der Waals surface area contributed by atoms with Gasteiger partial charge in [0.05, 0.1) is 24.4 Å². The molecule has 0 saturated heterocycles. The third kappa shape index (κ3) is 5.80. The lowest BCUT2D eigenvalue weighted by Crippen LogP contribution is -2.11. The zero-order chi connectivity index (χ0) is 22.9. The molecule has 0 atom stereocenters. The highest BCUT2D eigenvalue weighted by Crippen LogP contribution is 2.22. The van der Waals surface area contributed by atoms with Crippen LogP contribution in [0, 0.1) is 0 Å². The summed E-state index contributed by atoms with van der Waals surface area (Å²) in [6.07, 6.45) is 8.37. The third-order valence-electron chi connectivity index (χ3n) is 4.69. The van der Waals surface area contributed by atoms with Crippen LogP contribution in [0.4, 0.5) is 11.9 Å². The Bertz CT molecular complexity index is 1090. The number of pyridine rings is 1. The van der Waals surface area contributed by atoms with E-state index in [2.05, 4.69) is 39.2 Å². The van der Waals surface area contributed by atoms with E-state index in [1.54, 1.807) is 23.2 Å². The maximum atomic E-state index is 8.09. The highest BCUT2D eigenvalue weighted by molar-refractivity contribution is 5.57. The number of aliphatic hydroxyl groups is 2. The van der Waals surface area contributed by atoms with E-state index < -0.39 is 0 Å². The van der Waals surface area contributed by atoms with Gasteiger partial charge < -0.3 is 25.7 Å². The fourth-order valence-corrected chi connectivity index (χ4v) is 2.95. The molecule has 4 aromatic rings. The molecule has 4 heterocycles. The second-order valence-electron chi connectivity index (χ2n) is 7.47. The SMILES string of the molecule is CC(C)c1cnn2c(NCc3ccc(-c4ccoc4)nc3)nc(N)nc12.OCCCCO. The Labute approximate surface area is 186 Å². The number of nitrogens with two attached hydrogens (primary N) is 1. The molecule has 0 saturated carbocycles. The van der Waals surface area contributed by atoms with Gasteiger partial charge in [0.25, 0.3) is 0 Å². The molecule has 0 aromatic carbocycles. The fourth-order valence-electron chi connectivity index (χ4n) is 2.95. The predicted molar refractivity (Wildman–Crippen MR) is 122 cm³/mol. The number of anilines is 2. The van der Waals surface area contributed by atoms with Crippen molar-refractivity contribution < 1.29 is 14.6 Å². The first-order valence-corrected chi connectivity index (χ1v) is 10.5. The summed E-state index contributed by atoms with van der Waals surface area (Å²) in [5, 5.41) is 23.8. The second-order valence-corrected chi connectivity index (χ2v) is 7.47. The quantitative estimate of drug-likeness (QED) is 0.304. The summed E-state index contributed by atoms with van der Waals surface area (Å²) in [6, 6.07) is 5.84. The number of fused-ring (bicyclic) bond motifs is 1. The van der Waals surface area contributed by atoms with Crippen molar-refractivity contribution >= 4 is 17.5 Å². The number of nitrogen functional groups attached to an aromatic ring is 1. The minimum atomic E-state index is 0.195. The van der Waals surface area contributed by atoms with E-state index in [-0.39, 0.29) is 19.2 Å². The Hall–Kier alpha value is -3.50. The Morgan fingerprint density at radius 1 is 1.09 bits per heavy atom. The van der Waals surface area contributed by atoms with Crippen molar-refractivity contribution in [2.45, 2.75) is 39.2 Å². The molecule has 0 radical (unpaired) electrons. The minimum absolute atomic E-state index is 0.195. The largest absolute Gasteiger partial charge is 0.472 e. The summed E-state index contributed by atoms with van der Waals surface area (Å²) in [4.78, 5) is 13.0. The van der Waals surface area contributed by atoms with Gasteiger partial charge in [0.2, 0.25) is 11.9 Å². The van der Waals surface area contributed by atoms with Crippen LogP contribution in [0.15, 0.2) is 47.5 Å². The van der Waals surface area contributed by atoms with Crippen molar-refractivity contribution in [3.8, 4) is 11.3 Å². The zero-order valence-electron chi connectivity index (χ0n) is 18.3. The number of aromatic nitrogens is 5. The first-order chi connectivity index (χ1) is 15.5. The van der Waals surface area contributed by atoms with E-state index in [0.717, 1.165) is 40.9 Å². The van der Waals surface area contributed by atoms with Crippen LogP contribution in [0.5, 0.6) is 0 Å². The van der Waals surface area contributed by atoms with E-state index in [9.17, 15) is 0 Å². The normalized spacial score (nSPS) is 10.9. The minimum Gasteiger partial charge on any atom is -0.472 e. The first-order valence-electron chi connectivity index (χ1n) is 10.5. The van der Waals surface area contributed by atoms with Gasteiger partial charge in [0.15, 0.2) is 5.65 Å². The summed E-state index contributed by atoms with van der Waals surface area (Å²) in [5.74, 6) is 1.07. The third-order valence-corrected chi connectivity index (χ3v) is 4.69. The lowest BCUT2D eigenvalue weighted by molar-refractivity contribution is 0.242. The Kier molecular flexibility index (Phi) is 8.12. The molecule has 0 amide bonds. The lowest BCUT2D eigenvalue weighted by atomic mass is 10.1. The molecule has 0 aliphatic rings. The molecule has 0 unspecified atom stereocenters. The maximum absolute atomic E-state index is 8.09. The van der Waals surface area contributed by atoms with Crippen molar-refractivity contribution in [1.29, 1.82) is 0 Å². The number of hydrogen-bond donors (Lipinski definition) is 4. The number of nitrogens with one attached hydrogen (secondary N) is 1. The van der Waals surface area contributed by atoms with Gasteiger partial charge in [0.1, 0.15) is 0 Å². The molecule has 170 valence electrons. The van der Waals surface area contributed by atoms with Crippen LogP contribution in [0.3, 0.4) is 0 Å². The summed E-state index contributed by atoms with van der Waals surface area (Å²) in [6.45, 7) is 5.12. The van der Waals surface area contributed by atoms with E-state index in [1.165, 1.54) is 0 Å². The molecule has 0 bridgehead atoms. The average Bonchev–Trinajstić information content (AvgIpc) is 3.47. The number of hydrogen-bond acceptors (Lipinski definition) is 9. The van der Waals surface area contributed by atoms with E-state index in [1.807, 2.05) is 24.4 Å². The molecule has 4 aromatic heterocycles. The molecule has 5 N–H and O–H groups in total. The van der Waals surface area contributed by atoms with Gasteiger partial charge >= 0.3 is 0 Å². The van der Waals surface area contributed by atoms with Gasteiger partial charge in [-0.05, 0) is 36.5 Å². The summed E-state index contributed by atoms with van der Waals surface area (Å²) >= 11 is 0. The van der Waals surface area contributed by atoms with Crippen LogP contribution in [-0.4, -0.2) is 48.0 Å². The van der Waals surface area contributed by atoms with E-state index in [4.69, 9.17) is 20.4 Å². The number of unbranched alkanes of at least 4 members (excludes halogenated alkanes) is 1. The fraction of sp³-hybridized carbons (Fsp3) is 0.364. The van der Waals surface area contributed by atoms with Crippen molar-refractivity contribution in [2.75, 3.05) is 24.3 Å². The van der Waals surface area contributed by atoms with Gasteiger partial charge in [-0.15, -0.1) is 0 Å². The number of rotatable bonds is 8. The lowest BCUT2D eigenvalue weighted by Gasteiger charge is -2.09. The zero-order valence-corrected chi connectivity index (χ0v) is 18.3. The molecule has 0 spiro atoms. The van der Waals surface area contributed by atoms with Crippen LogP contribution in [0.1, 0.15) is 43.7 Å². The Morgan fingerprint density at radius 2 is 1.88 bits per heavy atom. The van der Waals surface area contributed by atoms with Gasteiger partial charge in [-0.3, -0.25) is 4.98 Å². The van der Waals surface area contributed by atoms with Gasteiger partial charge in [-0.2, -0.15) is 19.6 Å². The summed E-state index contributed by atoms with van der Waals surface area (Å²) in [7, 11) is 0. The predicted octanol–water partition coefficient (Wildman–Crippen LogP) is 2.85. The highest BCUT2D eigenvalue weighted by Gasteiger charge is 2.14. The maximum Gasteiger partial charge on any atom is 0.229 e.